The largest absolute Gasteiger partial charge is 0.484 e. The third-order valence-corrected chi connectivity index (χ3v) is 4.48. The topological polar surface area (TPSA) is 55.6 Å². The molecule has 0 aliphatic carbocycles. The first kappa shape index (κ1) is 17.3. The van der Waals surface area contributed by atoms with Gasteiger partial charge in [0.2, 0.25) is 5.89 Å². The molecular weight excluding hydrogens is 347 g/mol. The highest BCUT2D eigenvalue weighted by Crippen LogP contribution is 2.22. The Morgan fingerprint density at radius 3 is 2.70 bits per heavy atom. The van der Waals surface area contributed by atoms with E-state index in [0.29, 0.717) is 24.5 Å². The number of benzene rings is 2. The van der Waals surface area contributed by atoms with E-state index >= 15 is 0 Å². The number of para-hydroxylation sites is 1. The smallest absolute Gasteiger partial charge is 0.254 e. The molecule has 138 valence electrons. The van der Waals surface area contributed by atoms with Gasteiger partial charge in [0.15, 0.2) is 6.61 Å². The van der Waals surface area contributed by atoms with E-state index in [9.17, 15) is 9.18 Å². The van der Waals surface area contributed by atoms with Crippen LogP contribution in [0, 0.1) is 5.82 Å². The Balaban J connectivity index is 1.46. The van der Waals surface area contributed by atoms with Gasteiger partial charge < -0.3 is 14.1 Å². The van der Waals surface area contributed by atoms with Crippen molar-refractivity contribution in [2.45, 2.75) is 26.0 Å². The lowest BCUT2D eigenvalue weighted by molar-refractivity contribution is 0.0744. The van der Waals surface area contributed by atoms with Gasteiger partial charge in [-0.2, -0.15) is 0 Å². The summed E-state index contributed by atoms with van der Waals surface area (Å²) in [5.74, 6) is 1.56. The van der Waals surface area contributed by atoms with E-state index in [-0.39, 0.29) is 18.3 Å². The van der Waals surface area contributed by atoms with Crippen LogP contribution in [0.15, 0.2) is 59.0 Å². The van der Waals surface area contributed by atoms with Gasteiger partial charge in [0.25, 0.3) is 5.91 Å². The average molecular weight is 366 g/mol. The van der Waals surface area contributed by atoms with E-state index < -0.39 is 0 Å². The van der Waals surface area contributed by atoms with Crippen LogP contribution in [0.5, 0.6) is 5.75 Å². The molecule has 0 fully saturated rings. The van der Waals surface area contributed by atoms with Crippen molar-refractivity contribution < 1.29 is 18.3 Å². The van der Waals surface area contributed by atoms with Crippen LogP contribution in [-0.4, -0.2) is 22.3 Å². The van der Waals surface area contributed by atoms with Crippen LogP contribution in [0.25, 0.3) is 0 Å². The minimum absolute atomic E-state index is 0.132. The molecule has 6 heteroatoms. The Morgan fingerprint density at radius 1 is 1.15 bits per heavy atom. The normalized spacial score (nSPS) is 13.7. The zero-order valence-corrected chi connectivity index (χ0v) is 14.7. The second kappa shape index (κ2) is 7.61. The number of halogens is 1. The quantitative estimate of drug-likeness (QED) is 0.701. The summed E-state index contributed by atoms with van der Waals surface area (Å²) >= 11 is 0. The highest BCUT2D eigenvalue weighted by molar-refractivity contribution is 5.94. The van der Waals surface area contributed by atoms with Gasteiger partial charge in [-0.15, -0.1) is 0 Å². The second-order valence-corrected chi connectivity index (χ2v) is 6.42. The van der Waals surface area contributed by atoms with Crippen LogP contribution in [0.1, 0.15) is 34.1 Å². The predicted molar refractivity (Wildman–Crippen MR) is 96.7 cm³/mol. The summed E-state index contributed by atoms with van der Waals surface area (Å²) in [5.41, 5.74) is 1.23. The molecule has 2 aromatic carbocycles. The molecule has 1 aliphatic heterocycles. The second-order valence-electron chi connectivity index (χ2n) is 6.42. The van der Waals surface area contributed by atoms with E-state index in [2.05, 4.69) is 4.98 Å². The molecule has 0 radical (unpaired) electrons. The fourth-order valence-electron chi connectivity index (χ4n) is 3.12. The molecule has 1 amide bonds. The Hall–Kier alpha value is -3.15. The van der Waals surface area contributed by atoms with Crippen LogP contribution in [0.2, 0.25) is 0 Å². The zero-order valence-electron chi connectivity index (χ0n) is 14.7. The number of hydrogen-bond donors (Lipinski definition) is 0. The third kappa shape index (κ3) is 4.00. The van der Waals surface area contributed by atoms with Crippen LogP contribution < -0.4 is 4.74 Å². The van der Waals surface area contributed by atoms with Gasteiger partial charge in [-0.25, -0.2) is 9.37 Å². The zero-order chi connectivity index (χ0) is 18.6. The number of nitrogens with zero attached hydrogens (tertiary/aromatic N) is 2. The molecule has 27 heavy (non-hydrogen) atoms. The number of carbonyl (C=O) groups excluding carboxylic acids is 1. The van der Waals surface area contributed by atoms with Crippen molar-refractivity contribution >= 4 is 5.91 Å². The summed E-state index contributed by atoms with van der Waals surface area (Å²) in [6.07, 6.45) is 1.51. The number of hydrogen-bond acceptors (Lipinski definition) is 4. The fraction of sp³-hybridized carbons (Fsp3) is 0.238. The number of ether oxygens (including phenoxy) is 1. The monoisotopic (exact) mass is 366 g/mol. The maximum atomic E-state index is 13.1. The minimum Gasteiger partial charge on any atom is -0.484 e. The Kier molecular flexibility index (Phi) is 4.87. The number of carbonyl (C=O) groups is 1. The summed E-state index contributed by atoms with van der Waals surface area (Å²) < 4.78 is 24.6. The van der Waals surface area contributed by atoms with E-state index in [1.165, 1.54) is 24.3 Å². The molecule has 0 spiro atoms. The van der Waals surface area contributed by atoms with E-state index in [0.717, 1.165) is 30.0 Å². The highest BCUT2D eigenvalue weighted by atomic mass is 19.1. The first-order valence-electron chi connectivity index (χ1n) is 8.89. The summed E-state index contributed by atoms with van der Waals surface area (Å²) in [6.45, 7) is 1.22. The first-order valence-corrected chi connectivity index (χ1v) is 8.89. The predicted octanol–water partition coefficient (Wildman–Crippen LogP) is 3.98. The molecule has 2 heterocycles. The van der Waals surface area contributed by atoms with Crippen molar-refractivity contribution in [2.75, 3.05) is 6.54 Å². The molecule has 0 bridgehead atoms. The molecule has 1 aromatic heterocycles. The number of aromatic nitrogens is 1. The van der Waals surface area contributed by atoms with Crippen molar-refractivity contribution in [3.63, 3.8) is 0 Å². The lowest BCUT2D eigenvalue weighted by Crippen LogP contribution is -2.30. The maximum Gasteiger partial charge on any atom is 0.254 e. The van der Waals surface area contributed by atoms with Crippen molar-refractivity contribution in [2.24, 2.45) is 0 Å². The highest BCUT2D eigenvalue weighted by Gasteiger charge is 2.24. The Bertz CT molecular complexity index is 922. The third-order valence-electron chi connectivity index (χ3n) is 4.48. The Labute approximate surface area is 156 Å². The lowest BCUT2D eigenvalue weighted by atomic mass is 10.2. The molecule has 3 aromatic rings. The summed E-state index contributed by atoms with van der Waals surface area (Å²) in [4.78, 5) is 19.0. The summed E-state index contributed by atoms with van der Waals surface area (Å²) in [5, 5.41) is 0. The lowest BCUT2D eigenvalue weighted by Gasteiger charge is -2.19. The van der Waals surface area contributed by atoms with Crippen molar-refractivity contribution in [3.05, 3.63) is 83.3 Å². The van der Waals surface area contributed by atoms with Gasteiger partial charge >= 0.3 is 0 Å². The van der Waals surface area contributed by atoms with Gasteiger partial charge in [0, 0.05) is 18.5 Å². The van der Waals surface area contributed by atoms with Gasteiger partial charge in [0.05, 0.1) is 6.54 Å². The van der Waals surface area contributed by atoms with Crippen LogP contribution in [-0.2, 0) is 19.6 Å². The van der Waals surface area contributed by atoms with Gasteiger partial charge in [0.1, 0.15) is 23.0 Å². The molecule has 0 unspecified atom stereocenters. The van der Waals surface area contributed by atoms with E-state index in [4.69, 9.17) is 9.15 Å². The summed E-state index contributed by atoms with van der Waals surface area (Å²) in [7, 11) is 0. The van der Waals surface area contributed by atoms with E-state index in [1.54, 1.807) is 4.90 Å². The molecular formula is C21H19FN2O3. The van der Waals surface area contributed by atoms with E-state index in [1.807, 2.05) is 30.3 Å². The van der Waals surface area contributed by atoms with Crippen molar-refractivity contribution in [1.29, 1.82) is 0 Å². The first-order chi connectivity index (χ1) is 13.2. The van der Waals surface area contributed by atoms with Crippen LogP contribution >= 0.6 is 0 Å². The van der Waals surface area contributed by atoms with Crippen LogP contribution in [0.3, 0.4) is 0 Å². The average Bonchev–Trinajstić information content (AvgIpc) is 2.97. The molecule has 0 saturated carbocycles. The fourth-order valence-corrected chi connectivity index (χ4v) is 3.12. The summed E-state index contributed by atoms with van der Waals surface area (Å²) in [6, 6.07) is 15.1. The standard InChI is InChI=1S/C21H19FN2O3/c22-16-10-8-15(9-11-16)21(25)24-12-4-7-19-18(13-24)23-20(27-19)14-26-17-5-2-1-3-6-17/h1-3,5-6,8-11H,4,7,12-14H2. The molecule has 0 atom stereocenters. The molecule has 0 N–H and O–H groups in total. The van der Waals surface area contributed by atoms with Gasteiger partial charge in [-0.1, -0.05) is 18.2 Å². The number of fused-ring (bicyclic) bond motifs is 1. The minimum atomic E-state index is -0.357. The van der Waals surface area contributed by atoms with Gasteiger partial charge in [-0.3, -0.25) is 4.79 Å². The molecule has 4 rings (SSSR count). The number of oxazole rings is 1. The van der Waals surface area contributed by atoms with Crippen LogP contribution in [0.4, 0.5) is 4.39 Å². The maximum absolute atomic E-state index is 13.1. The van der Waals surface area contributed by atoms with Gasteiger partial charge in [-0.05, 0) is 42.8 Å². The number of rotatable bonds is 4. The molecule has 5 nitrogen and oxygen atoms in total. The Morgan fingerprint density at radius 2 is 1.93 bits per heavy atom. The number of amides is 1. The van der Waals surface area contributed by atoms with Crippen molar-refractivity contribution in [3.8, 4) is 5.75 Å². The SMILES string of the molecule is O=C(c1ccc(F)cc1)N1CCCc2oc(COc3ccccc3)nc2C1. The number of aryl methyl sites for hydroxylation is 1. The molecule has 1 aliphatic rings. The van der Waals surface area contributed by atoms with Crippen molar-refractivity contribution in [1.82, 2.24) is 9.88 Å². The molecule has 0 saturated heterocycles.